The molecule has 3 N–H and O–H groups in total. The first-order chi connectivity index (χ1) is 5.95. The third kappa shape index (κ3) is 5.02. The van der Waals surface area contributed by atoms with Crippen LogP contribution in [0, 0.1) is 0 Å². The molecule has 0 aliphatic carbocycles. The second kappa shape index (κ2) is 5.36. The molecule has 0 aromatic heterocycles. The number of carbonyl (C=O) groups is 2. The van der Waals surface area contributed by atoms with E-state index in [2.05, 4.69) is 0 Å². The van der Waals surface area contributed by atoms with Gasteiger partial charge in [0.05, 0.1) is 0 Å². The number of amides is 2. The predicted molar refractivity (Wildman–Crippen MR) is 46.8 cm³/mol. The molecular formula is C7H15N3O3. The highest BCUT2D eigenvalue weighted by molar-refractivity contribution is 5.71. The average Bonchev–Trinajstić information content (AvgIpc) is 1.95. The Labute approximate surface area is 76.9 Å². The van der Waals surface area contributed by atoms with Gasteiger partial charge in [0.1, 0.15) is 0 Å². The number of hydrogen-bond donors (Lipinski definition) is 2. The van der Waals surface area contributed by atoms with Crippen LogP contribution in [-0.2, 0) is 4.79 Å². The van der Waals surface area contributed by atoms with Crippen LogP contribution in [0.4, 0.5) is 4.79 Å². The number of hydrogen-bond acceptors (Lipinski definition) is 3. The van der Waals surface area contributed by atoms with Gasteiger partial charge < -0.3 is 10.8 Å². The lowest BCUT2D eigenvalue weighted by atomic mass is 10.3. The van der Waals surface area contributed by atoms with Gasteiger partial charge in [-0.25, -0.2) is 9.80 Å². The van der Waals surface area contributed by atoms with Gasteiger partial charge in [-0.2, -0.15) is 0 Å². The van der Waals surface area contributed by atoms with E-state index in [1.807, 2.05) is 0 Å². The molecule has 76 valence electrons. The third-order valence-corrected chi connectivity index (χ3v) is 1.50. The fourth-order valence-electron chi connectivity index (χ4n) is 0.887. The lowest BCUT2D eigenvalue weighted by molar-refractivity contribution is -0.137. The fraction of sp³-hybridized carbons (Fsp3) is 0.714. The standard InChI is InChI=1S/C7H15N3O3/c1-9(2)10(7(8)13)5-3-4-6(11)12/h3-5H2,1-2H3,(H2,8,13)(H,11,12). The molecule has 0 radical (unpaired) electrons. The normalized spacial score (nSPS) is 10.1. The van der Waals surface area contributed by atoms with E-state index in [1.54, 1.807) is 14.1 Å². The van der Waals surface area contributed by atoms with Crippen LogP contribution in [0.1, 0.15) is 12.8 Å². The molecule has 0 bridgehead atoms. The van der Waals surface area contributed by atoms with E-state index in [0.717, 1.165) is 0 Å². The summed E-state index contributed by atoms with van der Waals surface area (Å²) in [5, 5.41) is 11.2. The van der Waals surface area contributed by atoms with E-state index in [-0.39, 0.29) is 6.42 Å². The van der Waals surface area contributed by atoms with Gasteiger partial charge in [-0.3, -0.25) is 9.80 Å². The number of nitrogens with two attached hydrogens (primary N) is 1. The van der Waals surface area contributed by atoms with Gasteiger partial charge in [0.25, 0.3) is 0 Å². The Balaban J connectivity index is 3.84. The van der Waals surface area contributed by atoms with E-state index in [9.17, 15) is 9.59 Å². The number of carboxylic acid groups (broad SMARTS) is 1. The minimum Gasteiger partial charge on any atom is -0.481 e. The van der Waals surface area contributed by atoms with Gasteiger partial charge in [0.2, 0.25) is 0 Å². The van der Waals surface area contributed by atoms with Crippen molar-refractivity contribution in [1.82, 2.24) is 10.0 Å². The number of hydrazine groups is 1. The highest BCUT2D eigenvalue weighted by Crippen LogP contribution is 1.96. The van der Waals surface area contributed by atoms with Crippen molar-refractivity contribution in [2.24, 2.45) is 5.73 Å². The van der Waals surface area contributed by atoms with Crippen molar-refractivity contribution in [3.63, 3.8) is 0 Å². The lowest BCUT2D eigenvalue weighted by Gasteiger charge is -2.26. The van der Waals surface area contributed by atoms with E-state index >= 15 is 0 Å². The quantitative estimate of drug-likeness (QED) is 0.582. The van der Waals surface area contributed by atoms with E-state index < -0.39 is 12.0 Å². The predicted octanol–water partition coefficient (Wildman–Crippen LogP) is -0.291. The number of urea groups is 1. The summed E-state index contributed by atoms with van der Waals surface area (Å²) >= 11 is 0. The Morgan fingerprint density at radius 2 is 1.92 bits per heavy atom. The average molecular weight is 189 g/mol. The molecule has 0 unspecified atom stereocenters. The van der Waals surface area contributed by atoms with Crippen molar-refractivity contribution in [2.75, 3.05) is 20.6 Å². The van der Waals surface area contributed by atoms with Crippen LogP contribution in [0.3, 0.4) is 0 Å². The largest absolute Gasteiger partial charge is 0.481 e. The highest BCUT2D eigenvalue weighted by Gasteiger charge is 2.11. The summed E-state index contributed by atoms with van der Waals surface area (Å²) in [5.74, 6) is -0.872. The molecule has 0 aliphatic rings. The topological polar surface area (TPSA) is 86.9 Å². The molecule has 0 spiro atoms. The zero-order valence-electron chi connectivity index (χ0n) is 7.86. The molecule has 13 heavy (non-hydrogen) atoms. The van der Waals surface area contributed by atoms with Crippen LogP contribution in [0.5, 0.6) is 0 Å². The molecule has 0 saturated carbocycles. The molecule has 2 amide bonds. The molecule has 0 aliphatic heterocycles. The molecular weight excluding hydrogens is 174 g/mol. The Morgan fingerprint density at radius 1 is 1.38 bits per heavy atom. The first-order valence-corrected chi connectivity index (χ1v) is 3.91. The number of nitrogens with zero attached hydrogens (tertiary/aromatic N) is 2. The zero-order valence-corrected chi connectivity index (χ0v) is 7.86. The molecule has 6 heteroatoms. The van der Waals surface area contributed by atoms with Crippen LogP contribution >= 0.6 is 0 Å². The van der Waals surface area contributed by atoms with Crippen LogP contribution in [0.25, 0.3) is 0 Å². The Hall–Kier alpha value is -1.30. The second-order valence-corrected chi connectivity index (χ2v) is 2.81. The van der Waals surface area contributed by atoms with E-state index in [1.165, 1.54) is 10.0 Å². The van der Waals surface area contributed by atoms with Gasteiger partial charge >= 0.3 is 12.0 Å². The summed E-state index contributed by atoms with van der Waals surface area (Å²) in [6.45, 7) is 0.328. The summed E-state index contributed by atoms with van der Waals surface area (Å²) in [7, 11) is 3.34. The Bertz CT molecular complexity index is 193. The molecule has 0 aromatic carbocycles. The van der Waals surface area contributed by atoms with Crippen LogP contribution in [0.2, 0.25) is 0 Å². The van der Waals surface area contributed by atoms with Gasteiger partial charge in [-0.15, -0.1) is 0 Å². The Kier molecular flexibility index (Phi) is 4.83. The maximum atomic E-state index is 10.8. The zero-order chi connectivity index (χ0) is 10.4. The third-order valence-electron chi connectivity index (χ3n) is 1.50. The smallest absolute Gasteiger partial charge is 0.329 e. The number of rotatable bonds is 5. The van der Waals surface area contributed by atoms with Crippen LogP contribution in [-0.4, -0.2) is 47.8 Å². The van der Waals surface area contributed by atoms with Gasteiger partial charge in [-0.1, -0.05) is 0 Å². The minimum absolute atomic E-state index is 0.0393. The highest BCUT2D eigenvalue weighted by atomic mass is 16.4. The molecule has 0 rings (SSSR count). The second-order valence-electron chi connectivity index (χ2n) is 2.81. The van der Waals surface area contributed by atoms with Crippen molar-refractivity contribution >= 4 is 12.0 Å². The van der Waals surface area contributed by atoms with Gasteiger partial charge in [0, 0.05) is 27.1 Å². The lowest BCUT2D eigenvalue weighted by Crippen LogP contribution is -2.45. The summed E-state index contributed by atoms with van der Waals surface area (Å²) in [6, 6.07) is -0.574. The van der Waals surface area contributed by atoms with Crippen LogP contribution in [0.15, 0.2) is 0 Å². The summed E-state index contributed by atoms with van der Waals surface area (Å²) in [6.07, 6.45) is 0.439. The molecule has 0 saturated heterocycles. The first kappa shape index (κ1) is 11.7. The SMILES string of the molecule is CN(C)N(CCCC(=O)O)C(N)=O. The molecule has 0 aromatic rings. The summed E-state index contributed by atoms with van der Waals surface area (Å²) in [5.41, 5.74) is 5.05. The molecule has 0 heterocycles. The maximum absolute atomic E-state index is 10.8. The summed E-state index contributed by atoms with van der Waals surface area (Å²) < 4.78 is 0. The number of aliphatic carboxylic acids is 1. The number of primary amides is 1. The van der Waals surface area contributed by atoms with Gasteiger partial charge in [0.15, 0.2) is 0 Å². The van der Waals surface area contributed by atoms with Crippen LogP contribution < -0.4 is 5.73 Å². The van der Waals surface area contributed by atoms with Crippen molar-refractivity contribution in [3.8, 4) is 0 Å². The monoisotopic (exact) mass is 189 g/mol. The van der Waals surface area contributed by atoms with E-state index in [4.69, 9.17) is 10.8 Å². The minimum atomic E-state index is -0.872. The fourth-order valence-corrected chi connectivity index (χ4v) is 0.887. The van der Waals surface area contributed by atoms with E-state index in [0.29, 0.717) is 13.0 Å². The van der Waals surface area contributed by atoms with Crippen molar-refractivity contribution < 1.29 is 14.7 Å². The summed E-state index contributed by atoms with van der Waals surface area (Å²) in [4.78, 5) is 20.9. The number of carbonyl (C=O) groups excluding carboxylic acids is 1. The van der Waals surface area contributed by atoms with Crippen molar-refractivity contribution in [2.45, 2.75) is 12.8 Å². The molecule has 6 nitrogen and oxygen atoms in total. The molecule has 0 fully saturated rings. The number of carboxylic acids is 1. The van der Waals surface area contributed by atoms with Crippen molar-refractivity contribution in [1.29, 1.82) is 0 Å². The Morgan fingerprint density at radius 3 is 2.23 bits per heavy atom. The first-order valence-electron chi connectivity index (χ1n) is 3.91. The molecule has 0 atom stereocenters. The van der Waals surface area contributed by atoms with Gasteiger partial charge in [-0.05, 0) is 6.42 Å². The van der Waals surface area contributed by atoms with Crippen molar-refractivity contribution in [3.05, 3.63) is 0 Å². The maximum Gasteiger partial charge on any atom is 0.329 e.